The smallest absolute Gasteiger partial charge is 0.0622 e. The Morgan fingerprint density at radius 2 is 1.29 bits per heavy atom. The van der Waals surface area contributed by atoms with Crippen molar-refractivity contribution in [1.82, 2.24) is 0 Å². The van der Waals surface area contributed by atoms with E-state index in [-0.39, 0.29) is 0 Å². The number of rotatable bonds is 2. The molecule has 0 saturated heterocycles. The molecule has 14 heavy (non-hydrogen) atoms. The van der Waals surface area contributed by atoms with E-state index in [9.17, 15) is 0 Å². The summed E-state index contributed by atoms with van der Waals surface area (Å²) in [5, 5.41) is 0. The largest absolute Gasteiger partial charge is 0.265 e. The van der Waals surface area contributed by atoms with E-state index in [1.807, 2.05) is 30.3 Å². The summed E-state index contributed by atoms with van der Waals surface area (Å²) in [7, 11) is 0. The van der Waals surface area contributed by atoms with Crippen LogP contribution in [0.4, 0.5) is 5.69 Å². The first-order valence-electron chi connectivity index (χ1n) is 4.52. The Bertz CT molecular complexity index is 415. The van der Waals surface area contributed by atoms with Crippen LogP contribution in [0.1, 0.15) is 0 Å². The molecule has 0 spiro atoms. The first-order valence-corrected chi connectivity index (χ1v) is 4.52. The number of hydrogen-bond acceptors (Lipinski definition) is 1. The van der Waals surface area contributed by atoms with Crippen molar-refractivity contribution in [2.45, 2.75) is 0 Å². The molecule has 2 aromatic rings. The lowest BCUT2D eigenvalue weighted by Gasteiger charge is -2.00. The molecule has 1 nitrogen and oxygen atoms in total. The molecule has 1 heteroatoms. The highest BCUT2D eigenvalue weighted by atomic mass is 14.7. The van der Waals surface area contributed by atoms with Gasteiger partial charge < -0.3 is 0 Å². The molecule has 0 radical (unpaired) electrons. The lowest BCUT2D eigenvalue weighted by Crippen LogP contribution is -1.74. The summed E-state index contributed by atoms with van der Waals surface area (Å²) in [5.74, 6) is 0. The maximum absolute atomic E-state index is 3.86. The zero-order valence-corrected chi connectivity index (χ0v) is 7.85. The zero-order chi connectivity index (χ0) is 9.80. The minimum atomic E-state index is 0.907. The second kappa shape index (κ2) is 3.88. The molecule has 0 fully saturated rings. The SMILES string of the molecule is C=Nc1ccc(-c2ccccc2)cc1. The molecular formula is C13H11N. The van der Waals surface area contributed by atoms with Crippen molar-refractivity contribution in [3.8, 4) is 11.1 Å². The van der Waals surface area contributed by atoms with Gasteiger partial charge in [-0.2, -0.15) is 0 Å². The second-order valence-electron chi connectivity index (χ2n) is 3.07. The predicted octanol–water partition coefficient (Wildman–Crippen LogP) is 3.69. The number of benzene rings is 2. The Labute approximate surface area is 83.7 Å². The standard InChI is InChI=1S/C13H11N/c1-14-13-9-7-12(8-10-13)11-5-3-2-4-6-11/h2-10H,1H2. The third kappa shape index (κ3) is 1.72. The van der Waals surface area contributed by atoms with Crippen molar-refractivity contribution in [1.29, 1.82) is 0 Å². The van der Waals surface area contributed by atoms with E-state index in [4.69, 9.17) is 0 Å². The van der Waals surface area contributed by atoms with Gasteiger partial charge in [0.05, 0.1) is 5.69 Å². The topological polar surface area (TPSA) is 12.4 Å². The third-order valence-electron chi connectivity index (χ3n) is 2.16. The van der Waals surface area contributed by atoms with Crippen molar-refractivity contribution < 1.29 is 0 Å². The van der Waals surface area contributed by atoms with Crippen LogP contribution in [0.2, 0.25) is 0 Å². The van der Waals surface area contributed by atoms with Gasteiger partial charge in [0.2, 0.25) is 0 Å². The molecule has 0 heterocycles. The van der Waals surface area contributed by atoms with Crippen molar-refractivity contribution in [2.75, 3.05) is 0 Å². The summed E-state index contributed by atoms with van der Waals surface area (Å²) >= 11 is 0. The van der Waals surface area contributed by atoms with E-state index in [2.05, 4.69) is 36.0 Å². The van der Waals surface area contributed by atoms with Gasteiger partial charge >= 0.3 is 0 Å². The van der Waals surface area contributed by atoms with E-state index < -0.39 is 0 Å². The Morgan fingerprint density at radius 3 is 1.86 bits per heavy atom. The maximum Gasteiger partial charge on any atom is 0.0622 e. The lowest BCUT2D eigenvalue weighted by molar-refractivity contribution is 1.54. The molecule has 0 unspecified atom stereocenters. The van der Waals surface area contributed by atoms with Gasteiger partial charge in [0.25, 0.3) is 0 Å². The van der Waals surface area contributed by atoms with Crippen LogP contribution in [0.15, 0.2) is 59.6 Å². The first kappa shape index (κ1) is 8.70. The van der Waals surface area contributed by atoms with E-state index in [0.717, 1.165) is 5.69 Å². The monoisotopic (exact) mass is 181 g/mol. The average molecular weight is 181 g/mol. The van der Waals surface area contributed by atoms with Gasteiger partial charge in [-0.05, 0) is 30.0 Å². The van der Waals surface area contributed by atoms with Gasteiger partial charge in [-0.3, -0.25) is 4.99 Å². The highest BCUT2D eigenvalue weighted by molar-refractivity contribution is 5.65. The Hall–Kier alpha value is -1.89. The summed E-state index contributed by atoms with van der Waals surface area (Å²) in [4.78, 5) is 3.86. The third-order valence-corrected chi connectivity index (χ3v) is 2.16. The zero-order valence-electron chi connectivity index (χ0n) is 7.85. The summed E-state index contributed by atoms with van der Waals surface area (Å²) < 4.78 is 0. The Morgan fingerprint density at radius 1 is 0.714 bits per heavy atom. The average Bonchev–Trinajstić information content (AvgIpc) is 2.30. The summed E-state index contributed by atoms with van der Waals surface area (Å²) in [5.41, 5.74) is 3.34. The van der Waals surface area contributed by atoms with Crippen LogP contribution >= 0.6 is 0 Å². The van der Waals surface area contributed by atoms with Crippen molar-refractivity contribution in [2.24, 2.45) is 4.99 Å². The van der Waals surface area contributed by atoms with Crippen LogP contribution in [0.25, 0.3) is 11.1 Å². The number of nitrogens with zero attached hydrogens (tertiary/aromatic N) is 1. The summed E-state index contributed by atoms with van der Waals surface area (Å²) in [6, 6.07) is 18.3. The molecular weight excluding hydrogens is 170 g/mol. The molecule has 0 N–H and O–H groups in total. The molecule has 0 atom stereocenters. The lowest BCUT2D eigenvalue weighted by atomic mass is 10.1. The van der Waals surface area contributed by atoms with Crippen LogP contribution in [-0.2, 0) is 0 Å². The van der Waals surface area contributed by atoms with E-state index in [0.29, 0.717) is 0 Å². The maximum atomic E-state index is 3.86. The molecule has 0 amide bonds. The Balaban J connectivity index is 2.39. The van der Waals surface area contributed by atoms with Gasteiger partial charge in [0.1, 0.15) is 0 Å². The highest BCUT2D eigenvalue weighted by Crippen LogP contribution is 2.21. The van der Waals surface area contributed by atoms with Gasteiger partial charge in [-0.15, -0.1) is 0 Å². The van der Waals surface area contributed by atoms with Crippen molar-refractivity contribution in [3.05, 3.63) is 54.6 Å². The number of aliphatic imine (C=N–C) groups is 1. The van der Waals surface area contributed by atoms with Gasteiger partial charge in [0.15, 0.2) is 0 Å². The highest BCUT2D eigenvalue weighted by Gasteiger charge is 1.95. The van der Waals surface area contributed by atoms with Crippen LogP contribution in [0.3, 0.4) is 0 Å². The molecule has 0 aromatic heterocycles. The minimum absolute atomic E-state index is 0.907. The normalized spacial score (nSPS) is 9.71. The summed E-state index contributed by atoms with van der Waals surface area (Å²) in [6.07, 6.45) is 0. The molecule has 2 rings (SSSR count). The second-order valence-corrected chi connectivity index (χ2v) is 3.07. The molecule has 0 aliphatic heterocycles. The van der Waals surface area contributed by atoms with E-state index >= 15 is 0 Å². The van der Waals surface area contributed by atoms with Crippen LogP contribution in [-0.4, -0.2) is 6.72 Å². The van der Waals surface area contributed by atoms with Crippen molar-refractivity contribution >= 4 is 12.4 Å². The van der Waals surface area contributed by atoms with Crippen molar-refractivity contribution in [3.63, 3.8) is 0 Å². The van der Waals surface area contributed by atoms with Crippen LogP contribution in [0.5, 0.6) is 0 Å². The van der Waals surface area contributed by atoms with Gasteiger partial charge in [-0.1, -0.05) is 42.5 Å². The minimum Gasteiger partial charge on any atom is -0.265 e. The van der Waals surface area contributed by atoms with Gasteiger partial charge in [0, 0.05) is 0 Å². The fourth-order valence-electron chi connectivity index (χ4n) is 1.39. The molecule has 0 aliphatic rings. The first-order chi connectivity index (χ1) is 6.90. The van der Waals surface area contributed by atoms with Crippen LogP contribution in [0, 0.1) is 0 Å². The summed E-state index contributed by atoms with van der Waals surface area (Å²) in [6.45, 7) is 3.48. The Kier molecular flexibility index (Phi) is 2.41. The molecule has 68 valence electrons. The van der Waals surface area contributed by atoms with E-state index in [1.54, 1.807) is 0 Å². The molecule has 0 bridgehead atoms. The predicted molar refractivity (Wildman–Crippen MR) is 61.1 cm³/mol. The molecule has 2 aromatic carbocycles. The fraction of sp³-hybridized carbons (Fsp3) is 0. The van der Waals surface area contributed by atoms with E-state index in [1.165, 1.54) is 11.1 Å². The molecule has 0 aliphatic carbocycles. The molecule has 0 saturated carbocycles. The van der Waals surface area contributed by atoms with Crippen LogP contribution < -0.4 is 0 Å². The quantitative estimate of drug-likeness (QED) is 0.626. The fourth-order valence-corrected chi connectivity index (χ4v) is 1.39. The van der Waals surface area contributed by atoms with Gasteiger partial charge in [-0.25, -0.2) is 0 Å². The number of hydrogen-bond donors (Lipinski definition) is 0.